The molecule has 1 N–H and O–H groups in total. The summed E-state index contributed by atoms with van der Waals surface area (Å²) < 4.78 is 17.2. The number of fused-ring (bicyclic) bond motifs is 2. The van der Waals surface area contributed by atoms with Crippen LogP contribution in [-0.4, -0.2) is 69.1 Å². The minimum absolute atomic E-state index is 0.190. The number of hydrogen-bond acceptors (Lipinski definition) is 6. The first-order chi connectivity index (χ1) is 17.0. The van der Waals surface area contributed by atoms with E-state index in [4.69, 9.17) is 0 Å². The van der Waals surface area contributed by atoms with Gasteiger partial charge in [0.15, 0.2) is 0 Å². The zero-order valence-electron chi connectivity index (χ0n) is 19.1. The van der Waals surface area contributed by atoms with Crippen LogP contribution in [-0.2, 0) is 22.7 Å². The number of carbonyl (C=O) groups is 3. The predicted molar refractivity (Wildman–Crippen MR) is 125 cm³/mol. The number of aromatic nitrogens is 2. The molecule has 2 aromatic heterocycles. The predicted octanol–water partition coefficient (Wildman–Crippen LogP) is 1.56. The summed E-state index contributed by atoms with van der Waals surface area (Å²) in [5, 5.41) is 2.29. The van der Waals surface area contributed by atoms with Crippen molar-refractivity contribution in [1.82, 2.24) is 24.5 Å². The average molecular weight is 477 g/mol. The third-order valence-electron chi connectivity index (χ3n) is 7.18. The van der Waals surface area contributed by atoms with Crippen LogP contribution in [0.4, 0.5) is 10.1 Å². The van der Waals surface area contributed by atoms with Gasteiger partial charge in [-0.2, -0.15) is 0 Å². The first-order valence-electron chi connectivity index (χ1n) is 11.8. The van der Waals surface area contributed by atoms with E-state index in [0.29, 0.717) is 29.9 Å². The summed E-state index contributed by atoms with van der Waals surface area (Å²) in [5.74, 6) is -1.59. The Morgan fingerprint density at radius 3 is 2.71 bits per heavy atom. The zero-order chi connectivity index (χ0) is 24.1. The van der Waals surface area contributed by atoms with Crippen molar-refractivity contribution in [2.45, 2.75) is 32.0 Å². The van der Waals surface area contributed by atoms with Crippen molar-refractivity contribution in [3.63, 3.8) is 0 Å². The molecule has 5 heterocycles. The fourth-order valence-electron chi connectivity index (χ4n) is 5.30. The molecule has 9 nitrogen and oxygen atoms in total. The molecule has 0 aliphatic carbocycles. The summed E-state index contributed by atoms with van der Waals surface area (Å²) in [4.78, 5) is 46.9. The summed E-state index contributed by atoms with van der Waals surface area (Å²) in [6.45, 7) is 3.88. The number of pyridine rings is 1. The monoisotopic (exact) mass is 476 g/mol. The minimum Gasteiger partial charge on any atom is -0.367 e. The van der Waals surface area contributed by atoms with Gasteiger partial charge in [-0.25, -0.2) is 9.37 Å². The summed E-state index contributed by atoms with van der Waals surface area (Å²) in [5.41, 5.74) is 3.52. The van der Waals surface area contributed by atoms with Gasteiger partial charge in [-0.15, -0.1) is 0 Å². The molecule has 3 aliphatic rings. The lowest BCUT2D eigenvalue weighted by Gasteiger charge is -2.36. The summed E-state index contributed by atoms with van der Waals surface area (Å²) >= 11 is 0. The number of piperazine rings is 1. The van der Waals surface area contributed by atoms with E-state index < -0.39 is 17.8 Å². The minimum atomic E-state index is -0.706. The number of anilines is 1. The van der Waals surface area contributed by atoms with Gasteiger partial charge in [-0.05, 0) is 36.2 Å². The standard InChI is InChI=1S/C25H25FN6O3/c26-19-12-18-16(14-32(25(18)35)20-4-5-23(33)28-24(20)34)11-21(19)30-9-7-29(8-10-30)15-17-13-27-22-3-1-2-6-31(17)22/h1-3,6,11-13,20H,4-5,7-10,14-15H2,(H,28,33,34). The topological polar surface area (TPSA) is 90.3 Å². The van der Waals surface area contributed by atoms with Crippen molar-refractivity contribution in [3.8, 4) is 0 Å². The number of halogens is 1. The van der Waals surface area contributed by atoms with E-state index in [9.17, 15) is 14.4 Å². The van der Waals surface area contributed by atoms with Crippen LogP contribution in [0.2, 0.25) is 0 Å². The first kappa shape index (κ1) is 21.7. The second-order valence-electron chi connectivity index (χ2n) is 9.30. The van der Waals surface area contributed by atoms with Gasteiger partial charge in [-0.3, -0.25) is 24.6 Å². The van der Waals surface area contributed by atoms with E-state index in [-0.39, 0.29) is 31.2 Å². The van der Waals surface area contributed by atoms with E-state index in [0.717, 1.165) is 31.0 Å². The molecule has 2 saturated heterocycles. The maximum absolute atomic E-state index is 15.1. The van der Waals surface area contributed by atoms with Gasteiger partial charge >= 0.3 is 0 Å². The number of benzene rings is 1. The molecule has 1 aromatic carbocycles. The van der Waals surface area contributed by atoms with Gasteiger partial charge in [-0.1, -0.05) is 6.07 Å². The van der Waals surface area contributed by atoms with Crippen LogP contribution < -0.4 is 10.2 Å². The molecule has 6 rings (SSSR count). The molecule has 0 spiro atoms. The SMILES string of the molecule is O=C1CCC(N2Cc3cc(N4CCN(Cc5cnc6ccccn56)CC4)c(F)cc3C2=O)C(=O)N1. The van der Waals surface area contributed by atoms with E-state index in [1.54, 1.807) is 6.07 Å². The molecule has 2 fully saturated rings. The third-order valence-corrected chi connectivity index (χ3v) is 7.18. The Labute approximate surface area is 201 Å². The number of imide groups is 1. The molecule has 1 unspecified atom stereocenters. The fourth-order valence-corrected chi connectivity index (χ4v) is 5.30. The molecule has 35 heavy (non-hydrogen) atoms. The summed E-state index contributed by atoms with van der Waals surface area (Å²) in [6.07, 6.45) is 4.38. The number of nitrogens with zero attached hydrogens (tertiary/aromatic N) is 5. The highest BCUT2D eigenvalue weighted by Crippen LogP contribution is 2.33. The number of carbonyl (C=O) groups excluding carboxylic acids is 3. The molecular formula is C25H25FN6O3. The molecule has 3 aliphatic heterocycles. The lowest BCUT2D eigenvalue weighted by atomic mass is 10.0. The fraction of sp³-hybridized carbons (Fsp3) is 0.360. The Morgan fingerprint density at radius 1 is 1.09 bits per heavy atom. The molecule has 10 heteroatoms. The van der Waals surface area contributed by atoms with Gasteiger partial charge in [0.1, 0.15) is 17.5 Å². The normalized spacial score (nSPS) is 21.1. The molecule has 0 saturated carbocycles. The van der Waals surface area contributed by atoms with Gasteiger partial charge in [0.05, 0.1) is 17.6 Å². The quantitative estimate of drug-likeness (QED) is 0.575. The first-order valence-corrected chi connectivity index (χ1v) is 11.8. The van der Waals surface area contributed by atoms with Crippen molar-refractivity contribution >= 4 is 29.1 Å². The maximum Gasteiger partial charge on any atom is 0.255 e. The number of rotatable bonds is 4. The molecule has 0 radical (unpaired) electrons. The van der Waals surface area contributed by atoms with E-state index in [2.05, 4.69) is 19.6 Å². The highest BCUT2D eigenvalue weighted by atomic mass is 19.1. The van der Waals surface area contributed by atoms with Gasteiger partial charge in [0.2, 0.25) is 11.8 Å². The Bertz CT molecular complexity index is 1350. The number of hydrogen-bond donors (Lipinski definition) is 1. The summed E-state index contributed by atoms with van der Waals surface area (Å²) in [6, 6.07) is 8.26. The van der Waals surface area contributed by atoms with Crippen LogP contribution in [0.3, 0.4) is 0 Å². The molecular weight excluding hydrogens is 451 g/mol. The average Bonchev–Trinajstić information content (AvgIpc) is 3.40. The van der Waals surface area contributed by atoms with Crippen LogP contribution in [0.1, 0.15) is 34.5 Å². The van der Waals surface area contributed by atoms with Crippen molar-refractivity contribution in [2.24, 2.45) is 0 Å². The second kappa shape index (κ2) is 8.46. The Hall–Kier alpha value is -3.79. The van der Waals surface area contributed by atoms with Crippen molar-refractivity contribution in [3.05, 3.63) is 65.4 Å². The number of piperidine rings is 1. The van der Waals surface area contributed by atoms with Crippen molar-refractivity contribution < 1.29 is 18.8 Å². The van der Waals surface area contributed by atoms with Crippen LogP contribution in [0.25, 0.3) is 5.65 Å². The molecule has 3 aromatic rings. The Balaban J connectivity index is 1.14. The third kappa shape index (κ3) is 3.83. The van der Waals surface area contributed by atoms with Crippen LogP contribution in [0.15, 0.2) is 42.7 Å². The second-order valence-corrected chi connectivity index (χ2v) is 9.30. The van der Waals surface area contributed by atoms with Gasteiger partial charge < -0.3 is 14.2 Å². The van der Waals surface area contributed by atoms with E-state index >= 15 is 4.39 Å². The maximum atomic E-state index is 15.1. The lowest BCUT2D eigenvalue weighted by Crippen LogP contribution is -2.52. The Kier molecular flexibility index (Phi) is 5.25. The van der Waals surface area contributed by atoms with Crippen LogP contribution in [0, 0.1) is 5.82 Å². The highest BCUT2D eigenvalue weighted by molar-refractivity contribution is 6.05. The van der Waals surface area contributed by atoms with Gasteiger partial charge in [0, 0.05) is 57.4 Å². The summed E-state index contributed by atoms with van der Waals surface area (Å²) in [7, 11) is 0. The molecule has 1 atom stereocenters. The largest absolute Gasteiger partial charge is 0.367 e. The zero-order valence-corrected chi connectivity index (χ0v) is 19.1. The molecule has 180 valence electrons. The number of amides is 3. The van der Waals surface area contributed by atoms with E-state index in [1.165, 1.54) is 11.0 Å². The van der Waals surface area contributed by atoms with Crippen LogP contribution >= 0.6 is 0 Å². The highest BCUT2D eigenvalue weighted by Gasteiger charge is 2.40. The molecule has 3 amide bonds. The van der Waals surface area contributed by atoms with Gasteiger partial charge in [0.25, 0.3) is 5.91 Å². The smallest absolute Gasteiger partial charge is 0.255 e. The van der Waals surface area contributed by atoms with Crippen molar-refractivity contribution in [1.29, 1.82) is 0 Å². The van der Waals surface area contributed by atoms with Crippen LogP contribution in [0.5, 0.6) is 0 Å². The van der Waals surface area contributed by atoms with E-state index in [1.807, 2.05) is 35.5 Å². The number of nitrogens with one attached hydrogen (secondary N) is 1. The Morgan fingerprint density at radius 2 is 1.91 bits per heavy atom. The number of imidazole rings is 1. The lowest BCUT2D eigenvalue weighted by molar-refractivity contribution is -0.136. The molecule has 0 bridgehead atoms. The van der Waals surface area contributed by atoms with Crippen molar-refractivity contribution in [2.75, 3.05) is 31.1 Å².